The molecule has 0 aromatic carbocycles. The van der Waals surface area contributed by atoms with Crippen LogP contribution in [0.25, 0.3) is 0 Å². The van der Waals surface area contributed by atoms with Crippen LogP contribution in [0.15, 0.2) is 5.38 Å². The number of aryl methyl sites for hydroxylation is 1. The third-order valence-corrected chi connectivity index (χ3v) is 5.12. The first kappa shape index (κ1) is 16.0. The van der Waals surface area contributed by atoms with E-state index in [1.54, 1.807) is 0 Å². The zero-order valence-corrected chi connectivity index (χ0v) is 14.0. The monoisotopic (exact) mass is 294 g/mol. The first-order chi connectivity index (χ1) is 9.79. The molecular formula is C17H30N2S. The highest BCUT2D eigenvalue weighted by molar-refractivity contribution is 7.09. The van der Waals surface area contributed by atoms with Gasteiger partial charge in [-0.05, 0) is 26.2 Å². The Hall–Kier alpha value is -0.410. The molecule has 2 rings (SSSR count). The van der Waals surface area contributed by atoms with Gasteiger partial charge in [0.25, 0.3) is 0 Å². The van der Waals surface area contributed by atoms with Crippen LogP contribution >= 0.6 is 11.3 Å². The van der Waals surface area contributed by atoms with Crippen LogP contribution in [0.1, 0.15) is 87.9 Å². The van der Waals surface area contributed by atoms with Gasteiger partial charge >= 0.3 is 0 Å². The first-order valence-electron chi connectivity index (χ1n) is 8.47. The van der Waals surface area contributed by atoms with E-state index in [0.29, 0.717) is 6.04 Å². The Morgan fingerprint density at radius 1 is 1.20 bits per heavy atom. The molecule has 1 unspecified atom stereocenters. The van der Waals surface area contributed by atoms with Gasteiger partial charge < -0.3 is 5.32 Å². The molecule has 0 spiro atoms. The summed E-state index contributed by atoms with van der Waals surface area (Å²) in [7, 11) is 0. The van der Waals surface area contributed by atoms with Gasteiger partial charge in [-0.15, -0.1) is 11.3 Å². The molecule has 20 heavy (non-hydrogen) atoms. The minimum absolute atomic E-state index is 0.511. The van der Waals surface area contributed by atoms with Crippen LogP contribution in [0.5, 0.6) is 0 Å². The molecule has 1 fully saturated rings. The van der Waals surface area contributed by atoms with Gasteiger partial charge in [-0.1, -0.05) is 51.9 Å². The maximum Gasteiger partial charge on any atom is 0.110 e. The van der Waals surface area contributed by atoms with Crippen molar-refractivity contribution in [3.63, 3.8) is 0 Å². The fourth-order valence-corrected chi connectivity index (χ4v) is 3.54. The van der Waals surface area contributed by atoms with Crippen LogP contribution in [0.3, 0.4) is 0 Å². The summed E-state index contributed by atoms with van der Waals surface area (Å²) in [5, 5.41) is 7.27. The highest BCUT2D eigenvalue weighted by atomic mass is 32.1. The maximum absolute atomic E-state index is 4.69. The van der Waals surface area contributed by atoms with Crippen molar-refractivity contribution in [3.05, 3.63) is 16.1 Å². The van der Waals surface area contributed by atoms with E-state index in [1.165, 1.54) is 74.9 Å². The Bertz CT molecular complexity index is 371. The number of hydrogen-bond acceptors (Lipinski definition) is 3. The van der Waals surface area contributed by atoms with E-state index >= 15 is 0 Å². The van der Waals surface area contributed by atoms with Gasteiger partial charge in [0.05, 0.1) is 6.04 Å². The first-order valence-corrected chi connectivity index (χ1v) is 9.35. The molecule has 114 valence electrons. The molecule has 1 aromatic rings. The minimum Gasteiger partial charge on any atom is -0.305 e. The summed E-state index contributed by atoms with van der Waals surface area (Å²) in [6, 6.07) is 1.28. The highest BCUT2D eigenvalue weighted by Gasteiger charge is 2.26. The van der Waals surface area contributed by atoms with Crippen LogP contribution in [-0.4, -0.2) is 11.0 Å². The average Bonchev–Trinajstić information content (AvgIpc) is 3.16. The standard InChI is InChI=1S/C17H30N2S/c1-3-4-5-6-7-8-9-10-16(19-15-11-12-15)17-18-14(2)13-20-17/h13,15-16,19H,3-12H2,1-2H3. The van der Waals surface area contributed by atoms with Gasteiger partial charge in [0.1, 0.15) is 5.01 Å². The lowest BCUT2D eigenvalue weighted by atomic mass is 10.1. The zero-order chi connectivity index (χ0) is 14.2. The number of aromatic nitrogens is 1. The summed E-state index contributed by atoms with van der Waals surface area (Å²) in [5.74, 6) is 0. The molecule has 1 atom stereocenters. The van der Waals surface area contributed by atoms with Crippen LogP contribution in [0, 0.1) is 6.92 Å². The van der Waals surface area contributed by atoms with Crippen molar-refractivity contribution in [1.29, 1.82) is 0 Å². The van der Waals surface area contributed by atoms with Crippen LogP contribution in [-0.2, 0) is 0 Å². The molecule has 0 saturated heterocycles. The predicted molar refractivity (Wildman–Crippen MR) is 88.4 cm³/mol. The second kappa shape index (κ2) is 8.78. The molecule has 3 heteroatoms. The Labute approximate surface area is 128 Å². The quantitative estimate of drug-likeness (QED) is 0.554. The molecule has 1 N–H and O–H groups in total. The molecule has 1 heterocycles. The third-order valence-electron chi connectivity index (χ3n) is 4.05. The van der Waals surface area contributed by atoms with E-state index in [1.807, 2.05) is 11.3 Å². The topological polar surface area (TPSA) is 24.9 Å². The highest BCUT2D eigenvalue weighted by Crippen LogP contribution is 2.29. The Morgan fingerprint density at radius 2 is 1.90 bits per heavy atom. The Balaban J connectivity index is 1.66. The van der Waals surface area contributed by atoms with Crippen LogP contribution in [0.4, 0.5) is 0 Å². The molecule has 0 amide bonds. The Morgan fingerprint density at radius 3 is 2.50 bits per heavy atom. The van der Waals surface area contributed by atoms with Crippen molar-refractivity contribution in [2.45, 2.75) is 90.1 Å². The van der Waals surface area contributed by atoms with Gasteiger partial charge in [-0.25, -0.2) is 4.98 Å². The van der Waals surface area contributed by atoms with Crippen LogP contribution in [0.2, 0.25) is 0 Å². The lowest BCUT2D eigenvalue weighted by Crippen LogP contribution is -2.23. The number of hydrogen-bond donors (Lipinski definition) is 1. The van der Waals surface area contributed by atoms with Crippen molar-refractivity contribution in [2.75, 3.05) is 0 Å². The van der Waals surface area contributed by atoms with Crippen molar-refractivity contribution >= 4 is 11.3 Å². The smallest absolute Gasteiger partial charge is 0.110 e. The lowest BCUT2D eigenvalue weighted by molar-refractivity contribution is 0.461. The minimum atomic E-state index is 0.511. The van der Waals surface area contributed by atoms with Crippen molar-refractivity contribution < 1.29 is 0 Å². The van der Waals surface area contributed by atoms with E-state index in [9.17, 15) is 0 Å². The van der Waals surface area contributed by atoms with E-state index < -0.39 is 0 Å². The molecule has 0 bridgehead atoms. The molecule has 1 aliphatic carbocycles. The van der Waals surface area contributed by atoms with Gasteiger partial charge in [-0.3, -0.25) is 0 Å². The summed E-state index contributed by atoms with van der Waals surface area (Å²) >= 11 is 1.83. The molecule has 1 aromatic heterocycles. The number of rotatable bonds is 11. The van der Waals surface area contributed by atoms with E-state index in [-0.39, 0.29) is 0 Å². The fourth-order valence-electron chi connectivity index (χ4n) is 2.65. The van der Waals surface area contributed by atoms with E-state index in [0.717, 1.165) is 6.04 Å². The summed E-state index contributed by atoms with van der Waals surface area (Å²) in [6.07, 6.45) is 13.7. The predicted octanol–water partition coefficient (Wildman–Crippen LogP) is 5.39. The fraction of sp³-hybridized carbons (Fsp3) is 0.824. The summed E-state index contributed by atoms with van der Waals surface area (Å²) in [5.41, 5.74) is 1.17. The van der Waals surface area contributed by atoms with Gasteiger partial charge in [-0.2, -0.15) is 0 Å². The number of nitrogens with zero attached hydrogens (tertiary/aromatic N) is 1. The summed E-state index contributed by atoms with van der Waals surface area (Å²) in [6.45, 7) is 4.38. The van der Waals surface area contributed by atoms with Crippen molar-refractivity contribution in [2.24, 2.45) is 0 Å². The Kier molecular flexibility index (Phi) is 7.01. The molecule has 1 saturated carbocycles. The number of thiazole rings is 1. The maximum atomic E-state index is 4.69. The largest absolute Gasteiger partial charge is 0.305 e. The summed E-state index contributed by atoms with van der Waals surface area (Å²) < 4.78 is 0. The van der Waals surface area contributed by atoms with E-state index in [4.69, 9.17) is 0 Å². The average molecular weight is 295 g/mol. The molecule has 0 radical (unpaired) electrons. The van der Waals surface area contributed by atoms with E-state index in [2.05, 4.69) is 29.5 Å². The van der Waals surface area contributed by atoms with Crippen molar-refractivity contribution in [1.82, 2.24) is 10.3 Å². The number of unbranched alkanes of at least 4 members (excludes halogenated alkanes) is 6. The van der Waals surface area contributed by atoms with Gasteiger partial charge in [0.2, 0.25) is 0 Å². The zero-order valence-electron chi connectivity index (χ0n) is 13.2. The second-order valence-electron chi connectivity index (χ2n) is 6.23. The molecular weight excluding hydrogens is 264 g/mol. The van der Waals surface area contributed by atoms with Crippen LogP contribution < -0.4 is 5.32 Å². The van der Waals surface area contributed by atoms with Crippen molar-refractivity contribution in [3.8, 4) is 0 Å². The molecule has 0 aliphatic heterocycles. The molecule has 1 aliphatic rings. The normalized spacial score (nSPS) is 16.5. The molecule has 2 nitrogen and oxygen atoms in total. The number of nitrogens with one attached hydrogen (secondary N) is 1. The SMILES string of the molecule is CCCCCCCCCC(NC1CC1)c1nc(C)cs1. The third kappa shape index (κ3) is 5.92. The lowest BCUT2D eigenvalue weighted by Gasteiger charge is -2.16. The summed E-state index contributed by atoms with van der Waals surface area (Å²) in [4.78, 5) is 4.69. The van der Waals surface area contributed by atoms with Gasteiger partial charge in [0, 0.05) is 17.1 Å². The van der Waals surface area contributed by atoms with Gasteiger partial charge in [0.15, 0.2) is 0 Å². The second-order valence-corrected chi connectivity index (χ2v) is 7.12.